The van der Waals surface area contributed by atoms with Crippen molar-refractivity contribution in [1.29, 1.82) is 0 Å². The Morgan fingerprint density at radius 1 is 1.16 bits per heavy atom. The summed E-state index contributed by atoms with van der Waals surface area (Å²) in [7, 11) is 0. The van der Waals surface area contributed by atoms with Gasteiger partial charge in [-0.15, -0.1) is 0 Å². The molecule has 2 atom stereocenters. The zero-order chi connectivity index (χ0) is 18.4. The number of hydrogen-bond donors (Lipinski definition) is 3. The highest BCUT2D eigenvalue weighted by Gasteiger charge is 2.44. The summed E-state index contributed by atoms with van der Waals surface area (Å²) >= 11 is 0. The molecular formula is C17H19N3O5. The van der Waals surface area contributed by atoms with Crippen molar-refractivity contribution in [3.8, 4) is 0 Å². The summed E-state index contributed by atoms with van der Waals surface area (Å²) in [6.07, 6.45) is 0.413. The van der Waals surface area contributed by atoms with Gasteiger partial charge in [-0.05, 0) is 38.0 Å². The quantitative estimate of drug-likeness (QED) is 0.697. The van der Waals surface area contributed by atoms with Crippen LogP contribution in [0.15, 0.2) is 24.3 Å². The SMILES string of the molecule is C[C@]1(C(=O)O)CCN(C(=O)c2ccc([C@@]3(C)NC(=O)NC3=O)cc2)C1. The van der Waals surface area contributed by atoms with Gasteiger partial charge in [-0.3, -0.25) is 19.7 Å². The van der Waals surface area contributed by atoms with Crippen LogP contribution in [-0.2, 0) is 15.1 Å². The van der Waals surface area contributed by atoms with E-state index in [9.17, 15) is 24.3 Å². The van der Waals surface area contributed by atoms with E-state index in [4.69, 9.17) is 0 Å². The first-order valence-electron chi connectivity index (χ1n) is 7.92. The van der Waals surface area contributed by atoms with Gasteiger partial charge in [0.25, 0.3) is 11.8 Å². The first-order valence-corrected chi connectivity index (χ1v) is 7.92. The van der Waals surface area contributed by atoms with Crippen LogP contribution in [0.2, 0.25) is 0 Å². The van der Waals surface area contributed by atoms with Crippen LogP contribution in [0.4, 0.5) is 4.79 Å². The predicted octanol–water partition coefficient (Wildman–Crippen LogP) is 0.678. The molecule has 2 aliphatic heterocycles. The number of rotatable bonds is 3. The number of aliphatic carboxylic acids is 1. The van der Waals surface area contributed by atoms with Crippen LogP contribution in [0.1, 0.15) is 36.2 Å². The highest BCUT2D eigenvalue weighted by Crippen LogP contribution is 2.31. The Morgan fingerprint density at radius 2 is 1.80 bits per heavy atom. The lowest BCUT2D eigenvalue weighted by molar-refractivity contribution is -0.147. The van der Waals surface area contributed by atoms with Gasteiger partial charge in [-0.2, -0.15) is 0 Å². The Bertz CT molecular complexity index is 775. The molecule has 3 N–H and O–H groups in total. The van der Waals surface area contributed by atoms with E-state index in [0.717, 1.165) is 0 Å². The van der Waals surface area contributed by atoms with Gasteiger partial charge in [-0.25, -0.2) is 4.79 Å². The largest absolute Gasteiger partial charge is 0.481 e. The van der Waals surface area contributed by atoms with Crippen LogP contribution in [0.3, 0.4) is 0 Å². The summed E-state index contributed by atoms with van der Waals surface area (Å²) < 4.78 is 0. The number of carboxylic acid groups (broad SMARTS) is 1. The molecular weight excluding hydrogens is 326 g/mol. The summed E-state index contributed by atoms with van der Waals surface area (Å²) in [6.45, 7) is 3.77. The van der Waals surface area contributed by atoms with Crippen LogP contribution in [-0.4, -0.2) is 46.9 Å². The molecule has 3 rings (SSSR count). The molecule has 132 valence electrons. The van der Waals surface area contributed by atoms with Crippen LogP contribution in [0.25, 0.3) is 0 Å². The van der Waals surface area contributed by atoms with Crippen molar-refractivity contribution < 1.29 is 24.3 Å². The Balaban J connectivity index is 1.77. The van der Waals surface area contributed by atoms with Gasteiger partial charge in [0.15, 0.2) is 0 Å². The lowest BCUT2D eigenvalue weighted by Gasteiger charge is -2.22. The monoisotopic (exact) mass is 345 g/mol. The number of nitrogens with zero attached hydrogens (tertiary/aromatic N) is 1. The lowest BCUT2D eigenvalue weighted by atomic mass is 9.90. The molecule has 0 unspecified atom stereocenters. The Morgan fingerprint density at radius 3 is 2.28 bits per heavy atom. The van der Waals surface area contributed by atoms with E-state index in [1.54, 1.807) is 38.1 Å². The second kappa shape index (κ2) is 5.58. The molecule has 0 spiro atoms. The van der Waals surface area contributed by atoms with Crippen LogP contribution < -0.4 is 10.6 Å². The van der Waals surface area contributed by atoms with Crippen molar-refractivity contribution in [2.45, 2.75) is 25.8 Å². The minimum Gasteiger partial charge on any atom is -0.481 e. The van der Waals surface area contributed by atoms with Crippen LogP contribution >= 0.6 is 0 Å². The Labute approximate surface area is 144 Å². The minimum absolute atomic E-state index is 0.166. The molecule has 1 aromatic carbocycles. The number of carboxylic acids is 1. The molecule has 2 saturated heterocycles. The molecule has 2 aliphatic rings. The topological polar surface area (TPSA) is 116 Å². The maximum absolute atomic E-state index is 12.6. The van der Waals surface area contributed by atoms with Crippen molar-refractivity contribution in [3.05, 3.63) is 35.4 Å². The first kappa shape index (κ1) is 16.9. The Kier molecular flexibility index (Phi) is 3.78. The highest BCUT2D eigenvalue weighted by atomic mass is 16.4. The summed E-state index contributed by atoms with van der Waals surface area (Å²) in [6, 6.07) is 5.84. The highest BCUT2D eigenvalue weighted by molar-refractivity contribution is 6.07. The molecule has 4 amide bonds. The summed E-state index contributed by atoms with van der Waals surface area (Å²) in [4.78, 5) is 48.7. The maximum Gasteiger partial charge on any atom is 0.322 e. The van der Waals surface area contributed by atoms with Gasteiger partial charge < -0.3 is 15.3 Å². The van der Waals surface area contributed by atoms with E-state index in [2.05, 4.69) is 10.6 Å². The average molecular weight is 345 g/mol. The fourth-order valence-corrected chi connectivity index (χ4v) is 3.18. The third-order valence-electron chi connectivity index (χ3n) is 5.03. The average Bonchev–Trinajstić information content (AvgIpc) is 3.09. The van der Waals surface area contributed by atoms with E-state index in [1.165, 1.54) is 4.90 Å². The second-order valence-corrected chi connectivity index (χ2v) is 6.95. The van der Waals surface area contributed by atoms with Crippen LogP contribution in [0.5, 0.6) is 0 Å². The molecule has 0 bridgehead atoms. The predicted molar refractivity (Wildman–Crippen MR) is 86.7 cm³/mol. The van der Waals surface area contributed by atoms with Gasteiger partial charge in [0.2, 0.25) is 0 Å². The number of urea groups is 1. The zero-order valence-electron chi connectivity index (χ0n) is 14.0. The number of hydrogen-bond acceptors (Lipinski definition) is 4. The zero-order valence-corrected chi connectivity index (χ0v) is 14.0. The molecule has 8 heteroatoms. The Hall–Kier alpha value is -2.90. The molecule has 2 fully saturated rings. The maximum atomic E-state index is 12.6. The first-order chi connectivity index (χ1) is 11.7. The third kappa shape index (κ3) is 2.73. The normalized spacial score (nSPS) is 28.6. The minimum atomic E-state index is -1.17. The van der Waals surface area contributed by atoms with Gasteiger partial charge in [-0.1, -0.05) is 12.1 Å². The van der Waals surface area contributed by atoms with E-state index in [0.29, 0.717) is 24.1 Å². The number of carbonyl (C=O) groups is 4. The molecule has 0 aliphatic carbocycles. The van der Waals surface area contributed by atoms with E-state index in [1.807, 2.05) is 0 Å². The summed E-state index contributed by atoms with van der Waals surface area (Å²) in [5, 5.41) is 14.0. The number of likely N-dealkylation sites (tertiary alicyclic amines) is 1. The number of amides is 4. The molecule has 1 aromatic rings. The van der Waals surface area contributed by atoms with Gasteiger partial charge in [0, 0.05) is 18.7 Å². The van der Waals surface area contributed by atoms with Crippen molar-refractivity contribution in [2.75, 3.05) is 13.1 Å². The fourth-order valence-electron chi connectivity index (χ4n) is 3.18. The number of carbonyl (C=O) groups excluding carboxylic acids is 3. The molecule has 25 heavy (non-hydrogen) atoms. The third-order valence-corrected chi connectivity index (χ3v) is 5.03. The number of nitrogens with one attached hydrogen (secondary N) is 2. The molecule has 0 radical (unpaired) electrons. The van der Waals surface area contributed by atoms with Gasteiger partial charge in [0.1, 0.15) is 5.54 Å². The second-order valence-electron chi connectivity index (χ2n) is 6.95. The van der Waals surface area contributed by atoms with E-state index in [-0.39, 0.29) is 12.5 Å². The van der Waals surface area contributed by atoms with Crippen molar-refractivity contribution in [1.82, 2.24) is 15.5 Å². The van der Waals surface area contributed by atoms with E-state index < -0.39 is 28.9 Å². The smallest absolute Gasteiger partial charge is 0.322 e. The van der Waals surface area contributed by atoms with Gasteiger partial charge >= 0.3 is 12.0 Å². The summed E-state index contributed by atoms with van der Waals surface area (Å²) in [5.41, 5.74) is -1.13. The molecule has 0 saturated carbocycles. The number of benzene rings is 1. The fraction of sp³-hybridized carbons (Fsp3) is 0.412. The molecule has 2 heterocycles. The van der Waals surface area contributed by atoms with Gasteiger partial charge in [0.05, 0.1) is 5.41 Å². The lowest BCUT2D eigenvalue weighted by Crippen LogP contribution is -2.40. The van der Waals surface area contributed by atoms with Crippen molar-refractivity contribution >= 4 is 23.8 Å². The summed E-state index contributed by atoms with van der Waals surface area (Å²) in [5.74, 6) is -1.61. The van der Waals surface area contributed by atoms with E-state index >= 15 is 0 Å². The van der Waals surface area contributed by atoms with Crippen molar-refractivity contribution in [2.24, 2.45) is 5.41 Å². The number of imide groups is 1. The van der Waals surface area contributed by atoms with Crippen molar-refractivity contribution in [3.63, 3.8) is 0 Å². The van der Waals surface area contributed by atoms with Crippen LogP contribution in [0, 0.1) is 5.41 Å². The standard InChI is InChI=1S/C17H19N3O5/c1-16(14(23)24)7-8-20(9-16)12(21)10-3-5-11(6-4-10)17(2)13(22)18-15(25)19-17/h3-6H,7-9H2,1-2H3,(H,23,24)(H2,18,19,22,25)/t16-,17+/m0/s1. The molecule has 8 nitrogen and oxygen atoms in total. The molecule has 0 aromatic heterocycles.